The Morgan fingerprint density at radius 1 is 0.857 bits per heavy atom. The smallest absolute Gasteiger partial charge is 0.251 e. The molecule has 0 bridgehead atoms. The molecule has 4 nitrogen and oxygen atoms in total. The molecule has 0 heterocycles. The molecule has 0 saturated carbocycles. The van der Waals surface area contributed by atoms with Gasteiger partial charge in [0.2, 0.25) is 0 Å². The number of aryl methyl sites for hydroxylation is 2. The summed E-state index contributed by atoms with van der Waals surface area (Å²) in [6.07, 6.45) is 1.73. The van der Waals surface area contributed by atoms with E-state index < -0.39 is 0 Å². The number of methoxy groups -OCH3 is 1. The van der Waals surface area contributed by atoms with Gasteiger partial charge in [0.15, 0.2) is 0 Å². The molecule has 1 N–H and O–H groups in total. The summed E-state index contributed by atoms with van der Waals surface area (Å²) in [6, 6.07) is 25.5. The maximum absolute atomic E-state index is 12.6. The van der Waals surface area contributed by atoms with Crippen molar-refractivity contribution in [2.75, 3.05) is 20.3 Å². The summed E-state index contributed by atoms with van der Waals surface area (Å²) in [7, 11) is 1.62. The van der Waals surface area contributed by atoms with Crippen LogP contribution in [0, 0.1) is 0 Å². The van der Waals surface area contributed by atoms with Crippen molar-refractivity contribution >= 4 is 5.91 Å². The van der Waals surface area contributed by atoms with E-state index in [2.05, 4.69) is 17.4 Å². The standard InChI is InChI=1S/C24H25NO3/c1-27-21-11-7-12-22(18-21)28-17-16-25-24(26)23-13-6-5-10-20(23)15-14-19-8-3-2-4-9-19/h2-13,18H,14-17H2,1H3,(H,25,26). The number of carbonyl (C=O) groups excluding carboxylic acids is 1. The van der Waals surface area contributed by atoms with Crippen molar-refractivity contribution in [2.45, 2.75) is 12.8 Å². The van der Waals surface area contributed by atoms with E-state index in [-0.39, 0.29) is 5.91 Å². The molecule has 0 radical (unpaired) electrons. The van der Waals surface area contributed by atoms with Crippen molar-refractivity contribution in [3.8, 4) is 11.5 Å². The van der Waals surface area contributed by atoms with Crippen LogP contribution >= 0.6 is 0 Å². The first kappa shape index (κ1) is 19.5. The van der Waals surface area contributed by atoms with E-state index in [9.17, 15) is 4.79 Å². The van der Waals surface area contributed by atoms with Crippen LogP contribution in [0.5, 0.6) is 11.5 Å². The van der Waals surface area contributed by atoms with Gasteiger partial charge in [0.25, 0.3) is 5.91 Å². The molecule has 28 heavy (non-hydrogen) atoms. The molecule has 0 saturated heterocycles. The zero-order valence-corrected chi connectivity index (χ0v) is 16.1. The molecule has 3 aromatic rings. The van der Waals surface area contributed by atoms with Gasteiger partial charge in [-0.25, -0.2) is 0 Å². The second-order valence-corrected chi connectivity index (χ2v) is 6.43. The maximum atomic E-state index is 12.6. The van der Waals surface area contributed by atoms with Gasteiger partial charge in [-0.15, -0.1) is 0 Å². The van der Waals surface area contributed by atoms with E-state index in [4.69, 9.17) is 9.47 Å². The molecule has 3 rings (SSSR count). The highest BCUT2D eigenvalue weighted by Gasteiger charge is 2.10. The van der Waals surface area contributed by atoms with Crippen molar-refractivity contribution in [3.63, 3.8) is 0 Å². The lowest BCUT2D eigenvalue weighted by atomic mass is 9.99. The number of rotatable bonds is 9. The van der Waals surface area contributed by atoms with Gasteiger partial charge in [0, 0.05) is 11.6 Å². The van der Waals surface area contributed by atoms with Crippen molar-refractivity contribution in [2.24, 2.45) is 0 Å². The Hall–Kier alpha value is -3.27. The highest BCUT2D eigenvalue weighted by Crippen LogP contribution is 2.18. The van der Waals surface area contributed by atoms with Crippen molar-refractivity contribution in [1.29, 1.82) is 0 Å². The molecule has 0 atom stereocenters. The molecular weight excluding hydrogens is 350 g/mol. The molecule has 0 unspecified atom stereocenters. The quantitative estimate of drug-likeness (QED) is 0.568. The minimum Gasteiger partial charge on any atom is -0.497 e. The van der Waals surface area contributed by atoms with E-state index >= 15 is 0 Å². The van der Waals surface area contributed by atoms with Gasteiger partial charge in [0.1, 0.15) is 18.1 Å². The summed E-state index contributed by atoms with van der Waals surface area (Å²) in [4.78, 5) is 12.6. The van der Waals surface area contributed by atoms with E-state index in [1.165, 1.54) is 5.56 Å². The molecule has 0 aliphatic rings. The Morgan fingerprint density at radius 3 is 2.43 bits per heavy atom. The van der Waals surface area contributed by atoms with Gasteiger partial charge in [-0.05, 0) is 42.2 Å². The van der Waals surface area contributed by atoms with Crippen molar-refractivity contribution in [1.82, 2.24) is 5.32 Å². The van der Waals surface area contributed by atoms with Gasteiger partial charge >= 0.3 is 0 Å². The van der Waals surface area contributed by atoms with Gasteiger partial charge in [0.05, 0.1) is 13.7 Å². The van der Waals surface area contributed by atoms with E-state index in [0.717, 1.165) is 35.5 Å². The van der Waals surface area contributed by atoms with Crippen LogP contribution in [0.25, 0.3) is 0 Å². The van der Waals surface area contributed by atoms with Crippen LogP contribution in [0.15, 0.2) is 78.9 Å². The van der Waals surface area contributed by atoms with Crippen LogP contribution in [0.4, 0.5) is 0 Å². The maximum Gasteiger partial charge on any atom is 0.251 e. The number of carbonyl (C=O) groups is 1. The predicted octanol–water partition coefficient (Wildman–Crippen LogP) is 4.29. The number of nitrogens with one attached hydrogen (secondary N) is 1. The number of hydrogen-bond acceptors (Lipinski definition) is 3. The summed E-state index contributed by atoms with van der Waals surface area (Å²) in [5.41, 5.74) is 3.04. The number of benzene rings is 3. The van der Waals surface area contributed by atoms with Crippen LogP contribution in [0.1, 0.15) is 21.5 Å². The fourth-order valence-corrected chi connectivity index (χ4v) is 3.00. The number of amides is 1. The largest absolute Gasteiger partial charge is 0.497 e. The molecule has 4 heteroatoms. The Labute approximate surface area is 166 Å². The molecule has 0 fully saturated rings. The third-order valence-corrected chi connectivity index (χ3v) is 4.49. The lowest BCUT2D eigenvalue weighted by molar-refractivity contribution is 0.0946. The third kappa shape index (κ3) is 5.61. The van der Waals surface area contributed by atoms with Crippen LogP contribution in [0.3, 0.4) is 0 Å². The average Bonchev–Trinajstić information content (AvgIpc) is 2.76. The topological polar surface area (TPSA) is 47.6 Å². The second-order valence-electron chi connectivity index (χ2n) is 6.43. The Kier molecular flexibility index (Phi) is 7.08. The summed E-state index contributed by atoms with van der Waals surface area (Å²) < 4.78 is 10.9. The van der Waals surface area contributed by atoms with Gasteiger partial charge < -0.3 is 14.8 Å². The summed E-state index contributed by atoms with van der Waals surface area (Å²) in [5, 5.41) is 2.94. The zero-order valence-electron chi connectivity index (χ0n) is 16.1. The molecule has 0 aliphatic heterocycles. The normalized spacial score (nSPS) is 10.3. The molecule has 144 valence electrons. The number of hydrogen-bond donors (Lipinski definition) is 1. The first-order chi connectivity index (χ1) is 13.8. The van der Waals surface area contributed by atoms with Crippen LogP contribution < -0.4 is 14.8 Å². The lowest BCUT2D eigenvalue weighted by Gasteiger charge is -2.11. The molecule has 1 amide bonds. The number of ether oxygens (including phenoxy) is 2. The fraction of sp³-hybridized carbons (Fsp3) is 0.208. The van der Waals surface area contributed by atoms with E-state index in [0.29, 0.717) is 13.2 Å². The van der Waals surface area contributed by atoms with Gasteiger partial charge in [-0.2, -0.15) is 0 Å². The highest BCUT2D eigenvalue weighted by atomic mass is 16.5. The summed E-state index contributed by atoms with van der Waals surface area (Å²) in [6.45, 7) is 0.828. The fourth-order valence-electron chi connectivity index (χ4n) is 3.00. The first-order valence-corrected chi connectivity index (χ1v) is 9.43. The Balaban J connectivity index is 1.51. The SMILES string of the molecule is COc1cccc(OCCNC(=O)c2ccccc2CCc2ccccc2)c1. The van der Waals surface area contributed by atoms with Crippen LogP contribution in [-0.2, 0) is 12.8 Å². The predicted molar refractivity (Wildman–Crippen MR) is 111 cm³/mol. The van der Waals surface area contributed by atoms with Gasteiger partial charge in [-0.3, -0.25) is 4.79 Å². The first-order valence-electron chi connectivity index (χ1n) is 9.43. The molecular formula is C24H25NO3. The Bertz CT molecular complexity index is 893. The van der Waals surface area contributed by atoms with Crippen LogP contribution in [-0.4, -0.2) is 26.2 Å². The van der Waals surface area contributed by atoms with Gasteiger partial charge in [-0.1, -0.05) is 54.6 Å². The second kappa shape index (κ2) is 10.2. The minimum atomic E-state index is -0.0714. The van der Waals surface area contributed by atoms with Crippen molar-refractivity contribution in [3.05, 3.63) is 95.6 Å². The highest BCUT2D eigenvalue weighted by molar-refractivity contribution is 5.95. The lowest BCUT2D eigenvalue weighted by Crippen LogP contribution is -2.29. The monoisotopic (exact) mass is 375 g/mol. The molecule has 3 aromatic carbocycles. The molecule has 0 aromatic heterocycles. The third-order valence-electron chi connectivity index (χ3n) is 4.49. The molecule has 0 spiro atoms. The minimum absolute atomic E-state index is 0.0714. The van der Waals surface area contributed by atoms with Crippen molar-refractivity contribution < 1.29 is 14.3 Å². The van der Waals surface area contributed by atoms with Crippen LogP contribution in [0.2, 0.25) is 0 Å². The van der Waals surface area contributed by atoms with E-state index in [1.54, 1.807) is 7.11 Å². The van der Waals surface area contributed by atoms with E-state index in [1.807, 2.05) is 66.7 Å². The molecule has 0 aliphatic carbocycles. The summed E-state index contributed by atoms with van der Waals surface area (Å²) >= 11 is 0. The average molecular weight is 375 g/mol. The Morgan fingerprint density at radius 2 is 1.61 bits per heavy atom. The summed E-state index contributed by atoms with van der Waals surface area (Å²) in [5.74, 6) is 1.39. The zero-order chi connectivity index (χ0) is 19.6.